The van der Waals surface area contributed by atoms with Crippen molar-refractivity contribution < 1.29 is 20.0 Å². The minimum Gasteiger partial charge on any atom is -0.333 e. The number of carbonyl (C=O) groups is 1. The Kier molecular flexibility index (Phi) is 5.27. The quantitative estimate of drug-likeness (QED) is 0.641. The highest BCUT2D eigenvalue weighted by Gasteiger charge is 2.40. The van der Waals surface area contributed by atoms with Crippen LogP contribution in [-0.4, -0.2) is 15.6 Å². The molecule has 1 fully saturated rings. The number of nitrogens with two attached hydrogens (primary N) is 1. The van der Waals surface area contributed by atoms with E-state index in [9.17, 15) is 25.0 Å². The van der Waals surface area contributed by atoms with Crippen molar-refractivity contribution in [2.75, 3.05) is 0 Å². The molecule has 8 nitrogen and oxygen atoms in total. The number of hydrogen-bond donors (Lipinski definition) is 1. The molecule has 8 heteroatoms. The molecule has 27 heavy (non-hydrogen) atoms. The smallest absolute Gasteiger partial charge is 0.269 e. The van der Waals surface area contributed by atoms with Gasteiger partial charge in [-0.25, -0.2) is 0 Å². The van der Waals surface area contributed by atoms with Crippen molar-refractivity contribution in [3.63, 3.8) is 0 Å². The van der Waals surface area contributed by atoms with Gasteiger partial charge in [0.15, 0.2) is 0 Å². The Balaban J connectivity index is 1.88. The zero-order valence-corrected chi connectivity index (χ0v) is 14.8. The lowest BCUT2D eigenvalue weighted by atomic mass is 9.79. The normalized spacial score (nSPS) is 22.4. The number of hydrogen-bond acceptors (Lipinski definition) is 5. The maximum absolute atomic E-state index is 12.7. The van der Waals surface area contributed by atoms with E-state index in [1.807, 2.05) is 6.92 Å². The van der Waals surface area contributed by atoms with Gasteiger partial charge in [0.05, 0.1) is 22.2 Å². The topological polar surface area (TPSA) is 120 Å². The van der Waals surface area contributed by atoms with Crippen LogP contribution in [0, 0.1) is 26.1 Å². The van der Waals surface area contributed by atoms with Crippen LogP contribution in [0.2, 0.25) is 0 Å². The molecule has 2 N–H and O–H groups in total. The van der Waals surface area contributed by atoms with Gasteiger partial charge in [-0.2, -0.15) is 0 Å². The fraction of sp³-hybridized carbons (Fsp3) is 0.316. The molecule has 1 saturated heterocycles. The number of benzene rings is 2. The average molecular weight is 370 g/mol. The molecular weight excluding hydrogens is 350 g/mol. The summed E-state index contributed by atoms with van der Waals surface area (Å²) in [4.78, 5) is 33.5. The summed E-state index contributed by atoms with van der Waals surface area (Å²) >= 11 is 0. The predicted octanol–water partition coefficient (Wildman–Crippen LogP) is 2.85. The van der Waals surface area contributed by atoms with Gasteiger partial charge in [0.1, 0.15) is 17.9 Å². The summed E-state index contributed by atoms with van der Waals surface area (Å²) in [7, 11) is 0. The van der Waals surface area contributed by atoms with Crippen molar-refractivity contribution in [2.45, 2.75) is 31.8 Å². The number of carbonyl (C=O) groups excluding carboxylic acids is 1. The van der Waals surface area contributed by atoms with E-state index in [4.69, 9.17) is 0 Å². The summed E-state index contributed by atoms with van der Waals surface area (Å²) < 4.78 is 0. The number of ketones is 1. The van der Waals surface area contributed by atoms with Crippen molar-refractivity contribution in [1.82, 2.24) is 0 Å². The molecule has 0 saturated carbocycles. The highest BCUT2D eigenvalue weighted by atomic mass is 16.6. The molecule has 0 aliphatic carbocycles. The second-order valence-electron chi connectivity index (χ2n) is 6.71. The average Bonchev–Trinajstić information content (AvgIpc) is 2.67. The van der Waals surface area contributed by atoms with Gasteiger partial charge in [-0.15, -0.1) is 0 Å². The molecule has 3 atom stereocenters. The van der Waals surface area contributed by atoms with E-state index in [-0.39, 0.29) is 35.2 Å². The van der Waals surface area contributed by atoms with Gasteiger partial charge in [0.25, 0.3) is 11.4 Å². The van der Waals surface area contributed by atoms with Gasteiger partial charge in [-0.05, 0) is 30.7 Å². The molecule has 1 aliphatic rings. The third-order valence-electron chi connectivity index (χ3n) is 5.17. The van der Waals surface area contributed by atoms with E-state index in [1.165, 1.54) is 24.3 Å². The monoisotopic (exact) mass is 370 g/mol. The standard InChI is InChI=1S/C19H19N3O5/c1-2-16-18(23)11-17(12-3-7-14(8-4-12)21(24)25)20-19(16)13-5-9-15(10-6-13)22(26)27/h3-10,16-17,19-20H,2,11H2,1H3/p+1/t16-,17-,19-/m0/s1. The minimum absolute atomic E-state index is 0.0132. The Labute approximate surface area is 155 Å². The number of nitro benzene ring substituents is 2. The van der Waals surface area contributed by atoms with Crippen molar-refractivity contribution >= 4 is 17.2 Å². The van der Waals surface area contributed by atoms with E-state index in [1.54, 1.807) is 24.3 Å². The Morgan fingerprint density at radius 1 is 0.926 bits per heavy atom. The zero-order valence-electron chi connectivity index (χ0n) is 14.8. The van der Waals surface area contributed by atoms with Crippen LogP contribution >= 0.6 is 0 Å². The van der Waals surface area contributed by atoms with Gasteiger partial charge >= 0.3 is 0 Å². The summed E-state index contributed by atoms with van der Waals surface area (Å²) in [5.41, 5.74) is 1.75. The van der Waals surface area contributed by atoms with Crippen LogP contribution in [0.25, 0.3) is 0 Å². The number of quaternary nitrogens is 1. The lowest BCUT2D eigenvalue weighted by Gasteiger charge is -2.33. The lowest BCUT2D eigenvalue weighted by Crippen LogP contribution is -2.90. The number of Topliss-reactive ketones (excluding diaryl/α,β-unsaturated/α-hetero) is 1. The number of rotatable bonds is 5. The molecule has 0 bridgehead atoms. The number of nitro groups is 2. The second-order valence-corrected chi connectivity index (χ2v) is 6.71. The molecule has 0 radical (unpaired) electrons. The Bertz CT molecular complexity index is 864. The number of nitrogens with zero attached hydrogens (tertiary/aromatic N) is 2. The molecule has 1 heterocycles. The van der Waals surface area contributed by atoms with Crippen molar-refractivity contribution in [3.05, 3.63) is 79.9 Å². The first-order valence-electron chi connectivity index (χ1n) is 8.77. The summed E-state index contributed by atoms with van der Waals surface area (Å²) in [5, 5.41) is 23.8. The van der Waals surface area contributed by atoms with Crippen molar-refractivity contribution in [2.24, 2.45) is 5.92 Å². The van der Waals surface area contributed by atoms with E-state index in [0.717, 1.165) is 11.1 Å². The van der Waals surface area contributed by atoms with Gasteiger partial charge < -0.3 is 5.32 Å². The molecule has 0 unspecified atom stereocenters. The van der Waals surface area contributed by atoms with Gasteiger partial charge in [0, 0.05) is 35.4 Å². The van der Waals surface area contributed by atoms with Crippen LogP contribution in [0.1, 0.15) is 43.0 Å². The number of piperidine rings is 1. The third-order valence-corrected chi connectivity index (χ3v) is 5.17. The van der Waals surface area contributed by atoms with Crippen molar-refractivity contribution in [3.8, 4) is 0 Å². The largest absolute Gasteiger partial charge is 0.333 e. The molecule has 0 aromatic heterocycles. The van der Waals surface area contributed by atoms with Gasteiger partial charge in [0.2, 0.25) is 0 Å². The fourth-order valence-electron chi connectivity index (χ4n) is 3.74. The molecule has 0 amide bonds. The molecule has 3 rings (SSSR count). The molecule has 2 aromatic carbocycles. The van der Waals surface area contributed by atoms with E-state index in [0.29, 0.717) is 12.8 Å². The lowest BCUT2D eigenvalue weighted by molar-refractivity contribution is -0.743. The van der Waals surface area contributed by atoms with Crippen LogP contribution in [0.4, 0.5) is 11.4 Å². The molecule has 1 aliphatic heterocycles. The van der Waals surface area contributed by atoms with E-state index >= 15 is 0 Å². The maximum atomic E-state index is 12.7. The summed E-state index contributed by atoms with van der Waals surface area (Å²) in [5.74, 6) is -0.0209. The molecule has 140 valence electrons. The summed E-state index contributed by atoms with van der Waals surface area (Å²) in [6.07, 6.45) is 1.05. The van der Waals surface area contributed by atoms with Gasteiger partial charge in [-0.1, -0.05) is 6.92 Å². The maximum Gasteiger partial charge on any atom is 0.269 e. The first-order valence-corrected chi connectivity index (χ1v) is 8.77. The van der Waals surface area contributed by atoms with Crippen LogP contribution in [0.5, 0.6) is 0 Å². The van der Waals surface area contributed by atoms with Crippen LogP contribution < -0.4 is 5.32 Å². The first kappa shape index (κ1) is 18.7. The Hall–Kier alpha value is -3.13. The van der Waals surface area contributed by atoms with E-state index < -0.39 is 9.85 Å². The zero-order chi connectivity index (χ0) is 19.6. The SMILES string of the molecule is CC[C@H]1C(=O)C[C@@H](c2ccc([N+](=O)[O-])cc2)[NH2+][C@H]1c1ccc([N+](=O)[O-])cc1. The Morgan fingerprint density at radius 3 is 1.85 bits per heavy atom. The van der Waals surface area contributed by atoms with Crippen LogP contribution in [-0.2, 0) is 4.79 Å². The second kappa shape index (κ2) is 7.63. The molecule has 2 aromatic rings. The predicted molar refractivity (Wildman–Crippen MR) is 97.0 cm³/mol. The number of non-ortho nitro benzene ring substituents is 2. The van der Waals surface area contributed by atoms with Crippen LogP contribution in [0.15, 0.2) is 48.5 Å². The van der Waals surface area contributed by atoms with E-state index in [2.05, 4.69) is 5.32 Å². The molecular formula is C19H20N3O5+. The van der Waals surface area contributed by atoms with Crippen LogP contribution in [0.3, 0.4) is 0 Å². The summed E-state index contributed by atoms with van der Waals surface area (Å²) in [6, 6.07) is 12.3. The minimum atomic E-state index is -0.452. The first-order chi connectivity index (χ1) is 12.9. The van der Waals surface area contributed by atoms with Gasteiger partial charge in [-0.3, -0.25) is 25.0 Å². The highest BCUT2D eigenvalue weighted by Crippen LogP contribution is 2.32. The Morgan fingerprint density at radius 2 is 1.41 bits per heavy atom. The third kappa shape index (κ3) is 3.85. The summed E-state index contributed by atoms with van der Waals surface area (Å²) in [6.45, 7) is 1.96. The highest BCUT2D eigenvalue weighted by molar-refractivity contribution is 5.82. The fourth-order valence-corrected chi connectivity index (χ4v) is 3.74. The van der Waals surface area contributed by atoms with Crippen molar-refractivity contribution in [1.29, 1.82) is 0 Å². The molecule has 0 spiro atoms.